The number of aliphatic hydroxyl groups excluding tert-OH is 1. The largest absolute Gasteiger partial charge is 0.489 e. The van der Waals surface area contributed by atoms with Crippen molar-refractivity contribution < 1.29 is 24.1 Å². The van der Waals surface area contributed by atoms with E-state index < -0.39 is 0 Å². The second-order valence-electron chi connectivity index (χ2n) is 6.61. The number of hydrogen-bond acceptors (Lipinski definition) is 5. The molecule has 0 spiro atoms. The summed E-state index contributed by atoms with van der Waals surface area (Å²) in [7, 11) is 1.35. The van der Waals surface area contributed by atoms with Crippen LogP contribution in [0.25, 0.3) is 6.08 Å². The first-order valence-electron chi connectivity index (χ1n) is 9.56. The molecular formula is C25H24O5. The van der Waals surface area contributed by atoms with Gasteiger partial charge in [0.15, 0.2) is 0 Å². The van der Waals surface area contributed by atoms with Crippen LogP contribution in [-0.2, 0) is 11.3 Å². The summed E-state index contributed by atoms with van der Waals surface area (Å²) in [4.78, 5) is 11.5. The van der Waals surface area contributed by atoms with Gasteiger partial charge in [0.25, 0.3) is 0 Å². The Hall–Kier alpha value is -3.57. The van der Waals surface area contributed by atoms with Crippen LogP contribution in [0.3, 0.4) is 0 Å². The van der Waals surface area contributed by atoms with Crippen molar-refractivity contribution in [3.05, 3.63) is 101 Å². The molecule has 0 atom stereocenters. The molecule has 0 saturated carbocycles. The highest BCUT2D eigenvalue weighted by Gasteiger charge is 2.05. The van der Waals surface area contributed by atoms with Crippen molar-refractivity contribution in [3.63, 3.8) is 0 Å². The molecule has 5 heteroatoms. The molecule has 30 heavy (non-hydrogen) atoms. The average molecular weight is 404 g/mol. The lowest BCUT2D eigenvalue weighted by atomic mass is 10.1. The number of carbonyl (C=O) groups excluding carboxylic acids is 1. The van der Waals surface area contributed by atoms with Gasteiger partial charge in [-0.15, -0.1) is 0 Å². The Kier molecular flexibility index (Phi) is 7.64. The molecule has 3 rings (SSSR count). The van der Waals surface area contributed by atoms with Gasteiger partial charge in [0.1, 0.15) is 24.7 Å². The maximum atomic E-state index is 11.5. The van der Waals surface area contributed by atoms with Crippen LogP contribution < -0.4 is 9.47 Å². The molecule has 0 aliphatic carbocycles. The van der Waals surface area contributed by atoms with Gasteiger partial charge in [0.2, 0.25) is 0 Å². The lowest BCUT2D eigenvalue weighted by Crippen LogP contribution is -2.05. The summed E-state index contributed by atoms with van der Waals surface area (Å²) in [5.41, 5.74) is 3.16. The summed E-state index contributed by atoms with van der Waals surface area (Å²) in [6.45, 7) is 0.629. The van der Waals surface area contributed by atoms with Crippen LogP contribution in [0.15, 0.2) is 84.4 Å². The predicted molar refractivity (Wildman–Crippen MR) is 116 cm³/mol. The number of ether oxygens (including phenoxy) is 3. The summed E-state index contributed by atoms with van der Waals surface area (Å²) in [5.74, 6) is 1.06. The highest BCUT2D eigenvalue weighted by molar-refractivity contribution is 5.89. The number of carbonyl (C=O) groups is 1. The molecule has 0 radical (unpaired) electrons. The minimum Gasteiger partial charge on any atom is -0.489 e. The molecule has 0 saturated heterocycles. The molecule has 0 unspecified atom stereocenters. The summed E-state index contributed by atoms with van der Waals surface area (Å²) < 4.78 is 16.2. The molecule has 0 amide bonds. The van der Waals surface area contributed by atoms with Gasteiger partial charge in [-0.2, -0.15) is 0 Å². The fraction of sp³-hybridized carbons (Fsp3) is 0.160. The van der Waals surface area contributed by atoms with E-state index in [1.54, 1.807) is 24.3 Å². The Morgan fingerprint density at radius 2 is 1.50 bits per heavy atom. The SMILES string of the molecule is COC(=O)c1ccc(C=C(CO)COc2ccc(OCc3ccccc3)cc2)cc1. The summed E-state index contributed by atoms with van der Waals surface area (Å²) in [6.07, 6.45) is 1.83. The van der Waals surface area contributed by atoms with Crippen molar-refractivity contribution in [2.24, 2.45) is 0 Å². The van der Waals surface area contributed by atoms with Gasteiger partial charge in [0.05, 0.1) is 19.3 Å². The maximum absolute atomic E-state index is 11.5. The smallest absolute Gasteiger partial charge is 0.337 e. The fourth-order valence-corrected chi connectivity index (χ4v) is 2.75. The number of hydrogen-bond donors (Lipinski definition) is 1. The van der Waals surface area contributed by atoms with Crippen LogP contribution in [0.5, 0.6) is 11.5 Å². The third-order valence-electron chi connectivity index (χ3n) is 4.40. The summed E-state index contributed by atoms with van der Waals surface area (Å²) >= 11 is 0. The molecule has 0 aromatic heterocycles. The zero-order valence-corrected chi connectivity index (χ0v) is 16.8. The Balaban J connectivity index is 1.54. The Morgan fingerprint density at radius 1 is 0.867 bits per heavy atom. The molecule has 3 aromatic rings. The van der Waals surface area contributed by atoms with E-state index in [2.05, 4.69) is 4.74 Å². The molecule has 3 aromatic carbocycles. The number of rotatable bonds is 9. The number of esters is 1. The quantitative estimate of drug-likeness (QED) is 0.532. The van der Waals surface area contributed by atoms with Crippen molar-refractivity contribution >= 4 is 12.0 Å². The molecular weight excluding hydrogens is 380 g/mol. The lowest BCUT2D eigenvalue weighted by Gasteiger charge is -2.10. The second kappa shape index (κ2) is 10.8. The van der Waals surface area contributed by atoms with Crippen molar-refractivity contribution in [1.82, 2.24) is 0 Å². The van der Waals surface area contributed by atoms with Crippen LogP contribution >= 0.6 is 0 Å². The van der Waals surface area contributed by atoms with Crippen molar-refractivity contribution in [1.29, 1.82) is 0 Å². The molecule has 0 fully saturated rings. The molecule has 5 nitrogen and oxygen atoms in total. The van der Waals surface area contributed by atoms with Crippen LogP contribution in [-0.4, -0.2) is 31.4 Å². The van der Waals surface area contributed by atoms with E-state index in [-0.39, 0.29) is 19.2 Å². The molecule has 0 bridgehead atoms. The minimum atomic E-state index is -0.382. The Bertz CT molecular complexity index is 961. The zero-order valence-electron chi connectivity index (χ0n) is 16.8. The molecule has 0 heterocycles. The third kappa shape index (κ3) is 6.22. The number of methoxy groups -OCH3 is 1. The van der Waals surface area contributed by atoms with E-state index in [1.165, 1.54) is 7.11 Å². The third-order valence-corrected chi connectivity index (χ3v) is 4.40. The van der Waals surface area contributed by atoms with Crippen molar-refractivity contribution in [2.45, 2.75) is 6.61 Å². The first-order chi connectivity index (χ1) is 14.7. The van der Waals surface area contributed by atoms with Gasteiger partial charge in [-0.1, -0.05) is 48.5 Å². The van der Waals surface area contributed by atoms with Crippen molar-refractivity contribution in [2.75, 3.05) is 20.3 Å². The van der Waals surface area contributed by atoms with Crippen LogP contribution in [0.1, 0.15) is 21.5 Å². The Labute approximate surface area is 176 Å². The van der Waals surface area contributed by atoms with E-state index in [0.717, 1.165) is 16.9 Å². The fourth-order valence-electron chi connectivity index (χ4n) is 2.75. The minimum absolute atomic E-state index is 0.128. The van der Waals surface area contributed by atoms with Crippen LogP contribution in [0, 0.1) is 0 Å². The monoisotopic (exact) mass is 404 g/mol. The average Bonchev–Trinajstić information content (AvgIpc) is 2.81. The normalized spacial score (nSPS) is 11.1. The molecule has 154 valence electrons. The van der Waals surface area contributed by atoms with E-state index in [0.29, 0.717) is 23.5 Å². The molecule has 0 aliphatic heterocycles. The summed E-state index contributed by atoms with van der Waals surface area (Å²) in [6, 6.07) is 24.3. The van der Waals surface area contributed by atoms with Gasteiger partial charge >= 0.3 is 5.97 Å². The topological polar surface area (TPSA) is 65.0 Å². The van der Waals surface area contributed by atoms with Gasteiger partial charge in [0, 0.05) is 0 Å². The first-order valence-corrected chi connectivity index (χ1v) is 9.56. The van der Waals surface area contributed by atoms with Crippen molar-refractivity contribution in [3.8, 4) is 11.5 Å². The molecule has 1 N–H and O–H groups in total. The van der Waals surface area contributed by atoms with E-state index in [9.17, 15) is 9.90 Å². The number of benzene rings is 3. The van der Waals surface area contributed by atoms with E-state index >= 15 is 0 Å². The first kappa shape index (κ1) is 21.1. The zero-order chi connectivity index (χ0) is 21.2. The van der Waals surface area contributed by atoms with Crippen LogP contribution in [0.2, 0.25) is 0 Å². The van der Waals surface area contributed by atoms with Gasteiger partial charge < -0.3 is 19.3 Å². The Morgan fingerprint density at radius 3 is 2.10 bits per heavy atom. The predicted octanol–water partition coefficient (Wildman–Crippen LogP) is 4.51. The van der Waals surface area contributed by atoms with Gasteiger partial charge in [-0.25, -0.2) is 4.79 Å². The maximum Gasteiger partial charge on any atom is 0.337 e. The molecule has 0 aliphatic rings. The lowest BCUT2D eigenvalue weighted by molar-refractivity contribution is 0.0600. The standard InChI is InChI=1S/C25H24O5/c1-28-25(27)22-9-7-19(8-10-22)15-21(16-26)18-30-24-13-11-23(12-14-24)29-17-20-5-3-2-4-6-20/h2-15,26H,16-18H2,1H3. The van der Waals surface area contributed by atoms with Gasteiger partial charge in [-0.05, 0) is 53.1 Å². The van der Waals surface area contributed by atoms with E-state index in [1.807, 2.05) is 60.7 Å². The summed E-state index contributed by atoms with van der Waals surface area (Å²) in [5, 5.41) is 9.63. The highest BCUT2D eigenvalue weighted by atomic mass is 16.5. The van der Waals surface area contributed by atoms with Gasteiger partial charge in [-0.3, -0.25) is 0 Å². The second-order valence-corrected chi connectivity index (χ2v) is 6.61. The van der Waals surface area contributed by atoms with E-state index in [4.69, 9.17) is 9.47 Å². The van der Waals surface area contributed by atoms with Crippen LogP contribution in [0.4, 0.5) is 0 Å². The number of aliphatic hydroxyl groups is 1. The highest BCUT2D eigenvalue weighted by Crippen LogP contribution is 2.20.